The molecule has 5 heteroatoms. The zero-order valence-corrected chi connectivity index (χ0v) is 12.3. The van der Waals surface area contributed by atoms with Gasteiger partial charge in [-0.15, -0.1) is 0 Å². The Morgan fingerprint density at radius 3 is 2.68 bits per heavy atom. The molecule has 112 valence electrons. The molecule has 1 atom stereocenters. The first-order valence-corrected chi connectivity index (χ1v) is 6.67. The van der Waals surface area contributed by atoms with Crippen molar-refractivity contribution < 1.29 is 13.9 Å². The molecule has 1 amide bonds. The lowest BCUT2D eigenvalue weighted by atomic mass is 10.1. The zero-order chi connectivity index (χ0) is 16.1. The van der Waals surface area contributed by atoms with Crippen LogP contribution in [0.2, 0.25) is 0 Å². The summed E-state index contributed by atoms with van der Waals surface area (Å²) in [5, 5.41) is 8.95. The quantitative estimate of drug-likeness (QED) is 0.857. The van der Waals surface area contributed by atoms with Crippen molar-refractivity contribution >= 4 is 11.8 Å². The van der Waals surface area contributed by atoms with Gasteiger partial charge >= 0.3 is 6.09 Å². The van der Waals surface area contributed by atoms with Gasteiger partial charge in [-0.25, -0.2) is 4.79 Å². The SMILES string of the molecule is Cc1cccc(N(C)C(=O)OC(F)c2ccccc2C#N)c1. The normalized spacial score (nSPS) is 11.4. The Morgan fingerprint density at radius 2 is 2.00 bits per heavy atom. The fraction of sp³-hybridized carbons (Fsp3) is 0.176. The summed E-state index contributed by atoms with van der Waals surface area (Å²) in [4.78, 5) is 13.2. The van der Waals surface area contributed by atoms with Crippen LogP contribution in [0.25, 0.3) is 0 Å². The van der Waals surface area contributed by atoms with E-state index >= 15 is 0 Å². The maximum Gasteiger partial charge on any atom is 0.416 e. The molecule has 4 nitrogen and oxygen atoms in total. The van der Waals surface area contributed by atoms with Crippen LogP contribution in [0.5, 0.6) is 0 Å². The highest BCUT2D eigenvalue weighted by atomic mass is 19.1. The molecule has 2 aromatic rings. The standard InChI is InChI=1S/C17H15FN2O2/c1-12-6-5-8-14(10-12)20(2)17(21)22-16(18)15-9-4-3-7-13(15)11-19/h3-10,16H,1-2H3. The minimum atomic E-state index is -1.99. The molecular formula is C17H15FN2O2. The van der Waals surface area contributed by atoms with Crippen LogP contribution < -0.4 is 4.90 Å². The lowest BCUT2D eigenvalue weighted by Gasteiger charge is -2.19. The van der Waals surface area contributed by atoms with Crippen LogP contribution in [0, 0.1) is 18.3 Å². The second-order valence-corrected chi connectivity index (χ2v) is 4.80. The lowest BCUT2D eigenvalue weighted by Crippen LogP contribution is -2.28. The third-order valence-electron chi connectivity index (χ3n) is 3.19. The Balaban J connectivity index is 2.13. The fourth-order valence-electron chi connectivity index (χ4n) is 1.97. The predicted molar refractivity (Wildman–Crippen MR) is 81.1 cm³/mol. The first-order valence-electron chi connectivity index (χ1n) is 6.67. The van der Waals surface area contributed by atoms with E-state index in [4.69, 9.17) is 10.00 Å². The van der Waals surface area contributed by atoms with Gasteiger partial charge in [-0.3, -0.25) is 4.90 Å². The number of rotatable bonds is 3. The molecule has 0 aromatic heterocycles. The maximum atomic E-state index is 14.2. The summed E-state index contributed by atoms with van der Waals surface area (Å²) in [6, 6.07) is 15.2. The van der Waals surface area contributed by atoms with Gasteiger partial charge in [0.2, 0.25) is 0 Å². The lowest BCUT2D eigenvalue weighted by molar-refractivity contribution is 0.0172. The van der Waals surface area contributed by atoms with Crippen LogP contribution in [0.3, 0.4) is 0 Å². The van der Waals surface area contributed by atoms with Gasteiger partial charge in [0.15, 0.2) is 0 Å². The second kappa shape index (κ2) is 6.72. The molecule has 0 saturated heterocycles. The average Bonchev–Trinajstić information content (AvgIpc) is 2.53. The van der Waals surface area contributed by atoms with E-state index in [0.29, 0.717) is 5.69 Å². The monoisotopic (exact) mass is 298 g/mol. The smallest absolute Gasteiger partial charge is 0.410 e. The van der Waals surface area contributed by atoms with Crippen LogP contribution >= 0.6 is 0 Å². The van der Waals surface area contributed by atoms with Crippen molar-refractivity contribution in [3.8, 4) is 6.07 Å². The Bertz CT molecular complexity index is 725. The molecule has 22 heavy (non-hydrogen) atoms. The molecule has 0 fully saturated rings. The first kappa shape index (κ1) is 15.5. The van der Waals surface area contributed by atoms with E-state index in [9.17, 15) is 9.18 Å². The van der Waals surface area contributed by atoms with E-state index in [1.54, 1.807) is 30.3 Å². The summed E-state index contributed by atoms with van der Waals surface area (Å²) in [5.41, 5.74) is 1.76. The summed E-state index contributed by atoms with van der Waals surface area (Å²) in [5.74, 6) is 0. The van der Waals surface area contributed by atoms with E-state index in [2.05, 4.69) is 0 Å². The van der Waals surface area contributed by atoms with E-state index in [1.807, 2.05) is 19.1 Å². The highest BCUT2D eigenvalue weighted by Crippen LogP contribution is 2.24. The van der Waals surface area contributed by atoms with E-state index in [0.717, 1.165) is 5.56 Å². The van der Waals surface area contributed by atoms with Gasteiger partial charge < -0.3 is 4.74 Å². The number of halogens is 1. The summed E-state index contributed by atoms with van der Waals surface area (Å²) in [6.07, 6.45) is -2.82. The van der Waals surface area contributed by atoms with Crippen molar-refractivity contribution in [2.75, 3.05) is 11.9 Å². The Kier molecular flexibility index (Phi) is 4.74. The Hall–Kier alpha value is -2.87. The van der Waals surface area contributed by atoms with Crippen molar-refractivity contribution in [3.63, 3.8) is 0 Å². The molecule has 0 bridgehead atoms. The second-order valence-electron chi connectivity index (χ2n) is 4.80. The van der Waals surface area contributed by atoms with Crippen molar-refractivity contribution in [1.82, 2.24) is 0 Å². The number of carbonyl (C=O) groups is 1. The molecule has 0 N–H and O–H groups in total. The van der Waals surface area contributed by atoms with Gasteiger partial charge in [0.05, 0.1) is 11.6 Å². The average molecular weight is 298 g/mol. The number of nitriles is 1. The van der Waals surface area contributed by atoms with E-state index in [1.165, 1.54) is 24.1 Å². The summed E-state index contributed by atoms with van der Waals surface area (Å²) >= 11 is 0. The van der Waals surface area contributed by atoms with Crippen LogP contribution in [0.15, 0.2) is 48.5 Å². The van der Waals surface area contributed by atoms with Crippen molar-refractivity contribution in [3.05, 3.63) is 65.2 Å². The summed E-state index contributed by atoms with van der Waals surface area (Å²) in [7, 11) is 1.50. The number of ether oxygens (including phenoxy) is 1. The van der Waals surface area contributed by atoms with E-state index in [-0.39, 0.29) is 11.1 Å². The largest absolute Gasteiger partial charge is 0.416 e. The number of alkyl halides is 1. The summed E-state index contributed by atoms with van der Waals surface area (Å²) < 4.78 is 19.0. The van der Waals surface area contributed by atoms with Gasteiger partial charge in [0, 0.05) is 18.3 Å². The van der Waals surface area contributed by atoms with Crippen LogP contribution in [0.4, 0.5) is 14.9 Å². The van der Waals surface area contributed by atoms with Crippen LogP contribution in [-0.2, 0) is 4.74 Å². The molecule has 0 spiro atoms. The molecular weight excluding hydrogens is 283 g/mol. The summed E-state index contributed by atoms with van der Waals surface area (Å²) in [6.45, 7) is 1.89. The molecule has 0 aliphatic heterocycles. The van der Waals surface area contributed by atoms with Gasteiger partial charge in [-0.1, -0.05) is 30.3 Å². The van der Waals surface area contributed by atoms with Gasteiger partial charge in [0.1, 0.15) is 0 Å². The third-order valence-corrected chi connectivity index (χ3v) is 3.19. The minimum absolute atomic E-state index is 0.0380. The number of hydrogen-bond donors (Lipinski definition) is 0. The molecule has 1 unspecified atom stereocenters. The van der Waals surface area contributed by atoms with E-state index < -0.39 is 12.5 Å². The molecule has 2 rings (SSSR count). The number of carbonyl (C=O) groups excluding carboxylic acids is 1. The highest BCUT2D eigenvalue weighted by molar-refractivity contribution is 5.87. The molecule has 0 heterocycles. The minimum Gasteiger partial charge on any atom is -0.410 e. The highest BCUT2D eigenvalue weighted by Gasteiger charge is 2.21. The number of aryl methyl sites for hydroxylation is 1. The molecule has 0 radical (unpaired) electrons. The van der Waals surface area contributed by atoms with Gasteiger partial charge in [-0.05, 0) is 30.7 Å². The molecule has 0 aliphatic carbocycles. The molecule has 0 saturated carbocycles. The van der Waals surface area contributed by atoms with Gasteiger partial charge in [0.25, 0.3) is 6.36 Å². The Labute approximate surface area is 128 Å². The molecule has 0 aliphatic rings. The number of anilines is 1. The number of benzene rings is 2. The molecule has 2 aromatic carbocycles. The van der Waals surface area contributed by atoms with Crippen LogP contribution in [0.1, 0.15) is 23.0 Å². The van der Waals surface area contributed by atoms with Crippen molar-refractivity contribution in [2.24, 2.45) is 0 Å². The number of nitrogens with zero attached hydrogens (tertiary/aromatic N) is 2. The maximum absolute atomic E-state index is 14.2. The Morgan fingerprint density at radius 1 is 1.27 bits per heavy atom. The topological polar surface area (TPSA) is 53.3 Å². The number of amides is 1. The zero-order valence-electron chi connectivity index (χ0n) is 12.3. The first-order chi connectivity index (χ1) is 10.5. The fourth-order valence-corrected chi connectivity index (χ4v) is 1.97. The third kappa shape index (κ3) is 3.41. The predicted octanol–water partition coefficient (Wildman–Crippen LogP) is 4.11. The van der Waals surface area contributed by atoms with Crippen LogP contribution in [-0.4, -0.2) is 13.1 Å². The van der Waals surface area contributed by atoms with Crippen molar-refractivity contribution in [1.29, 1.82) is 5.26 Å². The number of hydrogen-bond acceptors (Lipinski definition) is 3. The van der Waals surface area contributed by atoms with Crippen molar-refractivity contribution in [2.45, 2.75) is 13.3 Å². The van der Waals surface area contributed by atoms with Gasteiger partial charge in [-0.2, -0.15) is 9.65 Å².